The van der Waals surface area contributed by atoms with Gasteiger partial charge in [-0.05, 0) is 38.1 Å². The summed E-state index contributed by atoms with van der Waals surface area (Å²) in [7, 11) is 1.57. The van der Waals surface area contributed by atoms with Gasteiger partial charge in [0.15, 0.2) is 0 Å². The van der Waals surface area contributed by atoms with Crippen molar-refractivity contribution in [3.63, 3.8) is 0 Å². The van der Waals surface area contributed by atoms with Crippen molar-refractivity contribution in [3.05, 3.63) is 77.0 Å². The normalized spacial score (nSPS) is 15.4. The van der Waals surface area contributed by atoms with Crippen LogP contribution in [0.3, 0.4) is 0 Å². The van der Waals surface area contributed by atoms with Crippen molar-refractivity contribution in [2.45, 2.75) is 13.8 Å². The first-order valence-corrected chi connectivity index (χ1v) is 8.71. The summed E-state index contributed by atoms with van der Waals surface area (Å²) in [5.41, 5.74) is 2.53. The number of amides is 1. The molecule has 0 aliphatic carbocycles. The van der Waals surface area contributed by atoms with Gasteiger partial charge in [-0.3, -0.25) is 9.69 Å². The Balaban J connectivity index is 2.15. The number of esters is 1. The molecule has 3 rings (SSSR count). The van der Waals surface area contributed by atoms with Gasteiger partial charge in [-0.2, -0.15) is 0 Å². The number of allylic oxidation sites excluding steroid dienone is 1. The Bertz CT molecular complexity index is 928. The summed E-state index contributed by atoms with van der Waals surface area (Å²) in [6, 6.07) is 16.6. The van der Waals surface area contributed by atoms with Gasteiger partial charge in [-0.1, -0.05) is 36.4 Å². The molecule has 1 aliphatic rings. The second-order valence-corrected chi connectivity index (χ2v) is 5.96. The van der Waals surface area contributed by atoms with Crippen LogP contribution in [0.25, 0.3) is 6.08 Å². The maximum absolute atomic E-state index is 13.2. The lowest BCUT2D eigenvalue weighted by Gasteiger charge is -2.17. The predicted octanol–water partition coefficient (Wildman–Crippen LogP) is 3.96. The highest BCUT2D eigenvalue weighted by Gasteiger charge is 2.38. The molecule has 0 fully saturated rings. The summed E-state index contributed by atoms with van der Waals surface area (Å²) in [6.45, 7) is 3.72. The smallest absolute Gasteiger partial charge is 0.340 e. The number of nitrogens with zero attached hydrogens (tertiary/aromatic N) is 1. The van der Waals surface area contributed by atoms with E-state index < -0.39 is 5.97 Å². The highest BCUT2D eigenvalue weighted by Crippen LogP contribution is 2.36. The van der Waals surface area contributed by atoms with Crippen molar-refractivity contribution < 1.29 is 19.1 Å². The molecule has 0 spiro atoms. The molecule has 2 aromatic rings. The first-order valence-electron chi connectivity index (χ1n) is 8.71. The minimum atomic E-state index is -0.511. The minimum absolute atomic E-state index is 0.233. The van der Waals surface area contributed by atoms with Crippen molar-refractivity contribution in [1.29, 1.82) is 0 Å². The number of ether oxygens (including phenoxy) is 2. The van der Waals surface area contributed by atoms with Crippen LogP contribution in [0.1, 0.15) is 19.4 Å². The van der Waals surface area contributed by atoms with Crippen molar-refractivity contribution >= 4 is 23.6 Å². The number of hydrogen-bond acceptors (Lipinski definition) is 4. The lowest BCUT2D eigenvalue weighted by molar-refractivity contribution is -0.138. The van der Waals surface area contributed by atoms with E-state index in [4.69, 9.17) is 9.47 Å². The van der Waals surface area contributed by atoms with E-state index in [2.05, 4.69) is 0 Å². The molecule has 2 aromatic carbocycles. The second kappa shape index (κ2) is 7.91. The van der Waals surface area contributed by atoms with E-state index in [9.17, 15) is 9.59 Å². The summed E-state index contributed by atoms with van der Waals surface area (Å²) in [4.78, 5) is 27.3. The predicted molar refractivity (Wildman–Crippen MR) is 104 cm³/mol. The molecular weight excluding hydrogens is 342 g/mol. The number of para-hydroxylation sites is 2. The number of methoxy groups -OCH3 is 1. The molecule has 0 radical (unpaired) electrons. The highest BCUT2D eigenvalue weighted by atomic mass is 16.5. The van der Waals surface area contributed by atoms with Crippen LogP contribution in [-0.4, -0.2) is 25.6 Å². The number of carbonyl (C=O) groups is 2. The molecule has 1 heterocycles. The maximum Gasteiger partial charge on any atom is 0.340 e. The molecule has 0 N–H and O–H groups in total. The maximum atomic E-state index is 13.2. The average molecular weight is 363 g/mol. The highest BCUT2D eigenvalue weighted by molar-refractivity contribution is 6.23. The summed E-state index contributed by atoms with van der Waals surface area (Å²) in [5.74, 6) is -0.160. The molecule has 0 saturated carbocycles. The zero-order valence-electron chi connectivity index (χ0n) is 15.6. The van der Waals surface area contributed by atoms with E-state index in [0.717, 1.165) is 0 Å². The van der Waals surface area contributed by atoms with E-state index in [0.29, 0.717) is 28.3 Å². The van der Waals surface area contributed by atoms with Crippen LogP contribution < -0.4 is 9.64 Å². The SMILES string of the molecule is CCOC(=O)C1=C(C)N(c2ccccc2)C(=O)/C1=C\c1ccccc1OC. The minimum Gasteiger partial charge on any atom is -0.496 e. The molecule has 5 heteroatoms. The summed E-state index contributed by atoms with van der Waals surface area (Å²) in [5, 5.41) is 0. The first kappa shape index (κ1) is 18.5. The van der Waals surface area contributed by atoms with Crippen LogP contribution in [0.15, 0.2) is 71.4 Å². The summed E-state index contributed by atoms with van der Waals surface area (Å²) < 4.78 is 10.6. The fourth-order valence-electron chi connectivity index (χ4n) is 3.11. The molecule has 1 aliphatic heterocycles. The monoisotopic (exact) mass is 363 g/mol. The second-order valence-electron chi connectivity index (χ2n) is 5.96. The Morgan fingerprint density at radius 2 is 1.74 bits per heavy atom. The van der Waals surface area contributed by atoms with Crippen LogP contribution in [0.2, 0.25) is 0 Å². The van der Waals surface area contributed by atoms with Crippen molar-refractivity contribution in [1.82, 2.24) is 0 Å². The van der Waals surface area contributed by atoms with Gasteiger partial charge in [0, 0.05) is 16.9 Å². The average Bonchev–Trinajstić information content (AvgIpc) is 2.93. The topological polar surface area (TPSA) is 55.8 Å². The lowest BCUT2D eigenvalue weighted by Crippen LogP contribution is -2.24. The van der Waals surface area contributed by atoms with Crippen molar-refractivity contribution in [2.24, 2.45) is 0 Å². The molecule has 0 atom stereocenters. The van der Waals surface area contributed by atoms with Gasteiger partial charge in [0.25, 0.3) is 5.91 Å². The molecule has 0 unspecified atom stereocenters. The van der Waals surface area contributed by atoms with E-state index in [1.54, 1.807) is 33.1 Å². The number of anilines is 1. The number of benzene rings is 2. The molecule has 1 amide bonds. The van der Waals surface area contributed by atoms with Gasteiger partial charge >= 0.3 is 5.97 Å². The van der Waals surface area contributed by atoms with E-state index in [1.807, 2.05) is 48.5 Å². The van der Waals surface area contributed by atoms with Crippen molar-refractivity contribution in [2.75, 3.05) is 18.6 Å². The zero-order chi connectivity index (χ0) is 19.4. The third kappa shape index (κ3) is 3.49. The third-order valence-electron chi connectivity index (χ3n) is 4.33. The van der Waals surface area contributed by atoms with Gasteiger partial charge in [0.05, 0.1) is 24.9 Å². The van der Waals surface area contributed by atoms with Gasteiger partial charge in [-0.15, -0.1) is 0 Å². The van der Waals surface area contributed by atoms with Crippen LogP contribution in [0.5, 0.6) is 5.75 Å². The Labute approximate surface area is 158 Å². The fraction of sp³-hybridized carbons (Fsp3) is 0.182. The molecule has 27 heavy (non-hydrogen) atoms. The molecule has 0 saturated heterocycles. The summed E-state index contributed by atoms with van der Waals surface area (Å²) in [6.07, 6.45) is 1.68. The zero-order valence-corrected chi connectivity index (χ0v) is 15.6. The van der Waals surface area contributed by atoms with Gasteiger partial charge in [-0.25, -0.2) is 4.79 Å². The van der Waals surface area contributed by atoms with E-state index >= 15 is 0 Å². The van der Waals surface area contributed by atoms with Gasteiger partial charge in [0.2, 0.25) is 0 Å². The number of carbonyl (C=O) groups excluding carboxylic acids is 2. The fourth-order valence-corrected chi connectivity index (χ4v) is 3.11. The first-order chi connectivity index (χ1) is 13.1. The van der Waals surface area contributed by atoms with Gasteiger partial charge in [0.1, 0.15) is 5.75 Å². The Kier molecular flexibility index (Phi) is 5.41. The lowest BCUT2D eigenvalue weighted by atomic mass is 10.0. The Morgan fingerprint density at radius 1 is 1.07 bits per heavy atom. The van der Waals surface area contributed by atoms with Gasteiger partial charge < -0.3 is 9.47 Å². The standard InChI is InChI=1S/C22H21NO4/c1-4-27-22(25)20-15(2)23(17-11-6-5-7-12-17)21(24)18(20)14-16-10-8-9-13-19(16)26-3/h5-14H,4H2,1-3H3/b18-14-. The van der Waals surface area contributed by atoms with Crippen LogP contribution >= 0.6 is 0 Å². The van der Waals surface area contributed by atoms with Crippen LogP contribution in [0.4, 0.5) is 5.69 Å². The molecule has 138 valence electrons. The quantitative estimate of drug-likeness (QED) is 0.596. The van der Waals surface area contributed by atoms with E-state index in [-0.39, 0.29) is 18.1 Å². The molecule has 0 bridgehead atoms. The van der Waals surface area contributed by atoms with Crippen molar-refractivity contribution in [3.8, 4) is 5.75 Å². The number of hydrogen-bond donors (Lipinski definition) is 0. The molecular formula is C22H21NO4. The Hall–Kier alpha value is -3.34. The molecule has 5 nitrogen and oxygen atoms in total. The van der Waals surface area contributed by atoms with Crippen LogP contribution in [0, 0.1) is 0 Å². The van der Waals surface area contributed by atoms with Crippen LogP contribution in [-0.2, 0) is 14.3 Å². The molecule has 0 aromatic heterocycles. The number of rotatable bonds is 5. The largest absolute Gasteiger partial charge is 0.496 e. The van der Waals surface area contributed by atoms with E-state index in [1.165, 1.54) is 4.90 Å². The summed E-state index contributed by atoms with van der Waals surface area (Å²) >= 11 is 0. The Morgan fingerprint density at radius 3 is 2.41 bits per heavy atom. The third-order valence-corrected chi connectivity index (χ3v) is 4.33.